The van der Waals surface area contributed by atoms with Gasteiger partial charge in [-0.15, -0.1) is 0 Å². The number of hydrogen-bond donors (Lipinski definition) is 2. The third kappa shape index (κ3) is 2.42. The van der Waals surface area contributed by atoms with E-state index >= 15 is 0 Å². The number of amides is 2. The second-order valence-electron chi connectivity index (χ2n) is 4.54. The fourth-order valence-electron chi connectivity index (χ4n) is 2.08. The fraction of sp³-hybridized carbons (Fsp3) is 0.308. The van der Waals surface area contributed by atoms with E-state index in [0.29, 0.717) is 16.9 Å². The lowest BCUT2D eigenvalue weighted by Gasteiger charge is -2.33. The van der Waals surface area contributed by atoms with Crippen molar-refractivity contribution >= 4 is 29.0 Å². The van der Waals surface area contributed by atoms with Crippen LogP contribution in [0.5, 0.6) is 0 Å². The van der Waals surface area contributed by atoms with Crippen molar-refractivity contribution in [2.75, 3.05) is 17.2 Å². The average molecular weight is 261 g/mol. The molecule has 1 atom stereocenters. The maximum Gasteiger partial charge on any atom is 0.249 e. The molecule has 2 amide bonds. The number of nitrogens with zero attached hydrogens (tertiary/aromatic N) is 1. The van der Waals surface area contributed by atoms with E-state index in [1.165, 1.54) is 6.92 Å². The molecule has 1 saturated heterocycles. The number of imide groups is 1. The van der Waals surface area contributed by atoms with E-state index in [4.69, 9.17) is 5.73 Å². The second kappa shape index (κ2) is 4.72. The third-order valence-corrected chi connectivity index (χ3v) is 3.17. The van der Waals surface area contributed by atoms with E-state index < -0.39 is 6.04 Å². The molecular weight excluding hydrogens is 246 g/mol. The van der Waals surface area contributed by atoms with Crippen LogP contribution < -0.4 is 16.0 Å². The first-order valence-electron chi connectivity index (χ1n) is 5.91. The van der Waals surface area contributed by atoms with Gasteiger partial charge in [0.15, 0.2) is 5.78 Å². The molecule has 3 N–H and O–H groups in total. The first-order chi connectivity index (χ1) is 8.90. The quantitative estimate of drug-likeness (QED) is 0.454. The molecule has 0 aliphatic carbocycles. The van der Waals surface area contributed by atoms with Gasteiger partial charge in [0.05, 0.1) is 6.54 Å². The number of ketones is 1. The number of nitrogens with two attached hydrogens (primary N) is 1. The van der Waals surface area contributed by atoms with Crippen LogP contribution in [-0.2, 0) is 9.59 Å². The molecule has 0 spiro atoms. The van der Waals surface area contributed by atoms with Gasteiger partial charge in [0.25, 0.3) is 0 Å². The minimum absolute atomic E-state index is 0.0891. The topological polar surface area (TPSA) is 92.5 Å². The zero-order valence-electron chi connectivity index (χ0n) is 10.8. The molecule has 1 aliphatic rings. The van der Waals surface area contributed by atoms with Crippen molar-refractivity contribution in [3.05, 3.63) is 23.8 Å². The van der Waals surface area contributed by atoms with Gasteiger partial charge in [-0.25, -0.2) is 0 Å². The van der Waals surface area contributed by atoms with Crippen LogP contribution in [0.4, 0.5) is 11.4 Å². The highest BCUT2D eigenvalue weighted by Crippen LogP contribution is 2.24. The Morgan fingerprint density at radius 2 is 2.11 bits per heavy atom. The van der Waals surface area contributed by atoms with E-state index in [2.05, 4.69) is 5.32 Å². The van der Waals surface area contributed by atoms with Crippen LogP contribution in [0.15, 0.2) is 18.2 Å². The van der Waals surface area contributed by atoms with Crippen molar-refractivity contribution in [1.29, 1.82) is 0 Å². The highest BCUT2D eigenvalue weighted by molar-refractivity contribution is 6.05. The van der Waals surface area contributed by atoms with Crippen LogP contribution in [0.25, 0.3) is 0 Å². The summed E-state index contributed by atoms with van der Waals surface area (Å²) in [5.41, 5.74) is 7.24. The van der Waals surface area contributed by atoms with Crippen molar-refractivity contribution < 1.29 is 14.4 Å². The third-order valence-electron chi connectivity index (χ3n) is 3.17. The van der Waals surface area contributed by atoms with E-state index in [-0.39, 0.29) is 24.1 Å². The van der Waals surface area contributed by atoms with E-state index in [9.17, 15) is 14.4 Å². The second-order valence-corrected chi connectivity index (χ2v) is 4.54. The predicted molar refractivity (Wildman–Crippen MR) is 70.8 cm³/mol. The number of nitrogens with one attached hydrogen (secondary N) is 1. The average Bonchev–Trinajstić information content (AvgIpc) is 2.33. The number of anilines is 2. The minimum atomic E-state index is -0.458. The summed E-state index contributed by atoms with van der Waals surface area (Å²) in [6, 6.07) is 4.45. The molecule has 0 radical (unpaired) electrons. The minimum Gasteiger partial charge on any atom is -0.398 e. The van der Waals surface area contributed by atoms with Gasteiger partial charge in [0.2, 0.25) is 11.8 Å². The van der Waals surface area contributed by atoms with Gasteiger partial charge >= 0.3 is 0 Å². The Labute approximate surface area is 110 Å². The van der Waals surface area contributed by atoms with Crippen LogP contribution >= 0.6 is 0 Å². The van der Waals surface area contributed by atoms with Gasteiger partial charge in [-0.1, -0.05) is 0 Å². The monoisotopic (exact) mass is 261 g/mol. The van der Waals surface area contributed by atoms with Gasteiger partial charge in [-0.3, -0.25) is 19.7 Å². The Bertz CT molecular complexity index is 568. The van der Waals surface area contributed by atoms with E-state index in [1.54, 1.807) is 30.0 Å². The highest BCUT2D eigenvalue weighted by Gasteiger charge is 2.30. The zero-order valence-corrected chi connectivity index (χ0v) is 10.8. The maximum absolute atomic E-state index is 11.6. The highest BCUT2D eigenvalue weighted by atomic mass is 16.2. The molecule has 1 aromatic rings. The number of benzene rings is 1. The Morgan fingerprint density at radius 1 is 1.42 bits per heavy atom. The van der Waals surface area contributed by atoms with Crippen LogP contribution in [0.3, 0.4) is 0 Å². The van der Waals surface area contributed by atoms with Gasteiger partial charge in [0.1, 0.15) is 6.04 Å². The van der Waals surface area contributed by atoms with Crippen LogP contribution in [0.1, 0.15) is 24.2 Å². The number of carbonyl (C=O) groups excluding carboxylic acids is 3. The Balaban J connectivity index is 2.36. The van der Waals surface area contributed by atoms with Crippen molar-refractivity contribution in [3.8, 4) is 0 Å². The molecule has 0 saturated carbocycles. The summed E-state index contributed by atoms with van der Waals surface area (Å²) in [6.07, 6.45) is 0. The molecule has 1 unspecified atom stereocenters. The lowest BCUT2D eigenvalue weighted by molar-refractivity contribution is -0.132. The number of rotatable bonds is 2. The van der Waals surface area contributed by atoms with E-state index in [1.807, 2.05) is 0 Å². The van der Waals surface area contributed by atoms with Crippen LogP contribution in [0, 0.1) is 0 Å². The van der Waals surface area contributed by atoms with Gasteiger partial charge in [-0.05, 0) is 32.0 Å². The van der Waals surface area contributed by atoms with Crippen molar-refractivity contribution in [3.63, 3.8) is 0 Å². The Morgan fingerprint density at radius 3 is 2.68 bits per heavy atom. The number of hydrogen-bond acceptors (Lipinski definition) is 5. The molecule has 100 valence electrons. The van der Waals surface area contributed by atoms with Gasteiger partial charge < -0.3 is 10.6 Å². The lowest BCUT2D eigenvalue weighted by atomic mass is 10.1. The Hall–Kier alpha value is -2.37. The molecule has 2 rings (SSSR count). The maximum atomic E-state index is 11.6. The molecule has 1 aromatic carbocycles. The largest absolute Gasteiger partial charge is 0.398 e. The predicted octanol–water partition coefficient (Wildman–Crippen LogP) is 0.323. The summed E-state index contributed by atoms with van der Waals surface area (Å²) in [5, 5.41) is 2.27. The SMILES string of the molecule is CC(=O)c1ccc(N2CC(=O)NC(=O)C2C)cc1N. The summed E-state index contributed by atoms with van der Waals surface area (Å²) in [4.78, 5) is 36.0. The molecular formula is C13H15N3O3. The smallest absolute Gasteiger partial charge is 0.249 e. The molecule has 6 nitrogen and oxygen atoms in total. The van der Waals surface area contributed by atoms with Gasteiger partial charge in [-0.2, -0.15) is 0 Å². The van der Waals surface area contributed by atoms with Crippen molar-refractivity contribution in [1.82, 2.24) is 5.32 Å². The van der Waals surface area contributed by atoms with E-state index in [0.717, 1.165) is 0 Å². The van der Waals surface area contributed by atoms with Crippen molar-refractivity contribution in [2.45, 2.75) is 19.9 Å². The van der Waals surface area contributed by atoms with Crippen LogP contribution in [-0.4, -0.2) is 30.2 Å². The zero-order chi connectivity index (χ0) is 14.2. The molecule has 1 heterocycles. The summed E-state index contributed by atoms with van der Waals surface area (Å²) >= 11 is 0. The summed E-state index contributed by atoms with van der Waals surface area (Å²) in [6.45, 7) is 3.23. The number of carbonyl (C=O) groups is 3. The summed E-state index contributed by atoms with van der Waals surface area (Å²) < 4.78 is 0. The molecule has 0 bridgehead atoms. The fourth-order valence-corrected chi connectivity index (χ4v) is 2.08. The summed E-state index contributed by atoms with van der Waals surface area (Å²) in [7, 11) is 0. The molecule has 1 aliphatic heterocycles. The lowest BCUT2D eigenvalue weighted by Crippen LogP contribution is -2.57. The number of piperazine rings is 1. The first-order valence-corrected chi connectivity index (χ1v) is 5.91. The standard InChI is InChI=1S/C13H15N3O3/c1-7-13(19)15-12(18)6-16(7)9-3-4-10(8(2)17)11(14)5-9/h3-5,7H,6,14H2,1-2H3,(H,15,18,19). The number of Topliss-reactive ketones (excluding diaryl/α,β-unsaturated/α-hetero) is 1. The van der Waals surface area contributed by atoms with Gasteiger partial charge in [0, 0.05) is 16.9 Å². The first kappa shape index (κ1) is 13.1. The number of nitrogen functional groups attached to an aromatic ring is 1. The van der Waals surface area contributed by atoms with Crippen LogP contribution in [0.2, 0.25) is 0 Å². The molecule has 0 aromatic heterocycles. The summed E-state index contributed by atoms with van der Waals surface area (Å²) in [5.74, 6) is -0.813. The molecule has 19 heavy (non-hydrogen) atoms. The van der Waals surface area contributed by atoms with Crippen molar-refractivity contribution in [2.24, 2.45) is 0 Å². The normalized spacial score (nSPS) is 19.3. The Kier molecular flexibility index (Phi) is 3.25. The molecule has 6 heteroatoms. The molecule has 1 fully saturated rings.